The van der Waals surface area contributed by atoms with Crippen LogP contribution in [0.25, 0.3) is 16.6 Å². The zero-order valence-corrected chi connectivity index (χ0v) is 21.6. The van der Waals surface area contributed by atoms with Gasteiger partial charge in [-0.15, -0.1) is 0 Å². The Hall–Kier alpha value is -2.40. The molecule has 3 aromatic heterocycles. The van der Waals surface area contributed by atoms with Crippen LogP contribution in [0, 0.1) is 12.7 Å². The van der Waals surface area contributed by atoms with Crippen molar-refractivity contribution in [3.63, 3.8) is 0 Å². The number of aromatic nitrogens is 4. The summed E-state index contributed by atoms with van der Waals surface area (Å²) in [6, 6.07) is 9.04. The number of nitrogens with zero attached hydrogens (tertiary/aromatic N) is 4. The maximum absolute atomic E-state index is 15.6. The van der Waals surface area contributed by atoms with Crippen molar-refractivity contribution in [1.29, 1.82) is 0 Å². The molecule has 172 valence electrons. The molecule has 0 spiro atoms. The standard InChI is InChI=1S/C24H24FIN4O2S/c1-4-11-29-14-17(13-27-29)30-15(3)23(18-10-9-16(12-26)21(25)22(18)30)33-20-8-6-7-19(28-20)24(31)32-5-2/h6-10,13-14H,4-5,11-12H2,1-3H3. The van der Waals surface area contributed by atoms with Gasteiger partial charge in [0, 0.05) is 33.1 Å². The topological polar surface area (TPSA) is 61.9 Å². The summed E-state index contributed by atoms with van der Waals surface area (Å²) >= 11 is 3.59. The van der Waals surface area contributed by atoms with E-state index in [0.29, 0.717) is 20.5 Å². The van der Waals surface area contributed by atoms with E-state index in [1.54, 1.807) is 25.3 Å². The number of hydrogen-bond donors (Lipinski definition) is 0. The minimum Gasteiger partial charge on any atom is -0.461 e. The highest BCUT2D eigenvalue weighted by Gasteiger charge is 2.22. The molecule has 9 heteroatoms. The highest BCUT2D eigenvalue weighted by atomic mass is 127. The largest absolute Gasteiger partial charge is 0.461 e. The fourth-order valence-corrected chi connectivity index (χ4v) is 5.34. The lowest BCUT2D eigenvalue weighted by atomic mass is 10.1. The molecule has 0 unspecified atom stereocenters. The van der Waals surface area contributed by atoms with Crippen LogP contribution >= 0.6 is 34.4 Å². The summed E-state index contributed by atoms with van der Waals surface area (Å²) in [5.41, 5.74) is 3.14. The number of esters is 1. The first kappa shape index (κ1) is 23.7. The van der Waals surface area contributed by atoms with E-state index < -0.39 is 5.97 Å². The molecule has 33 heavy (non-hydrogen) atoms. The molecule has 0 atom stereocenters. The van der Waals surface area contributed by atoms with Gasteiger partial charge in [0.1, 0.15) is 10.7 Å². The Bertz CT molecular complexity index is 1320. The molecule has 0 amide bonds. The SMILES string of the molecule is CCCn1cc(-n2c(C)c(Sc3cccc(C(=O)OCC)n3)c3ccc(CI)c(F)c32)cn1. The number of aryl methyl sites for hydroxylation is 1. The Balaban J connectivity index is 1.86. The summed E-state index contributed by atoms with van der Waals surface area (Å²) in [6.45, 7) is 6.91. The number of ether oxygens (including phenoxy) is 1. The van der Waals surface area contributed by atoms with E-state index in [1.807, 2.05) is 40.6 Å². The zero-order chi connectivity index (χ0) is 23.5. The van der Waals surface area contributed by atoms with Crippen LogP contribution in [0.3, 0.4) is 0 Å². The molecule has 1 aromatic carbocycles. The number of rotatable bonds is 8. The van der Waals surface area contributed by atoms with E-state index in [2.05, 4.69) is 39.6 Å². The van der Waals surface area contributed by atoms with E-state index in [0.717, 1.165) is 34.6 Å². The molecule has 0 N–H and O–H groups in total. The van der Waals surface area contributed by atoms with Gasteiger partial charge < -0.3 is 9.30 Å². The summed E-state index contributed by atoms with van der Waals surface area (Å²) in [7, 11) is 0. The predicted molar refractivity (Wildman–Crippen MR) is 136 cm³/mol. The molecule has 0 aliphatic heterocycles. The summed E-state index contributed by atoms with van der Waals surface area (Å²) in [6.07, 6.45) is 4.68. The van der Waals surface area contributed by atoms with E-state index in [1.165, 1.54) is 11.8 Å². The van der Waals surface area contributed by atoms with Crippen LogP contribution < -0.4 is 0 Å². The Labute approximate surface area is 209 Å². The minimum absolute atomic E-state index is 0.228. The second-order valence-corrected chi connectivity index (χ2v) is 9.26. The second-order valence-electron chi connectivity index (χ2n) is 7.46. The average molecular weight is 578 g/mol. The van der Waals surface area contributed by atoms with Gasteiger partial charge in [0.2, 0.25) is 0 Å². The number of fused-ring (bicyclic) bond motifs is 1. The first-order valence-electron chi connectivity index (χ1n) is 10.7. The smallest absolute Gasteiger partial charge is 0.356 e. The Kier molecular flexibility index (Phi) is 7.38. The first-order valence-corrected chi connectivity index (χ1v) is 13.1. The summed E-state index contributed by atoms with van der Waals surface area (Å²) < 4.78 is 25.1. The van der Waals surface area contributed by atoms with Gasteiger partial charge >= 0.3 is 5.97 Å². The third-order valence-electron chi connectivity index (χ3n) is 5.22. The van der Waals surface area contributed by atoms with Crippen LogP contribution in [0.4, 0.5) is 4.39 Å². The molecule has 0 saturated heterocycles. The Morgan fingerprint density at radius 2 is 2.06 bits per heavy atom. The molecule has 0 bridgehead atoms. The van der Waals surface area contributed by atoms with Gasteiger partial charge in [0.25, 0.3) is 0 Å². The number of halogens is 2. The lowest BCUT2D eigenvalue weighted by molar-refractivity contribution is 0.0518. The summed E-state index contributed by atoms with van der Waals surface area (Å²) in [5, 5.41) is 5.89. The van der Waals surface area contributed by atoms with Crippen molar-refractivity contribution < 1.29 is 13.9 Å². The molecule has 0 saturated carbocycles. The quantitative estimate of drug-likeness (QED) is 0.139. The third kappa shape index (κ3) is 4.65. The van der Waals surface area contributed by atoms with E-state index in [-0.39, 0.29) is 18.1 Å². The third-order valence-corrected chi connectivity index (χ3v) is 7.20. The van der Waals surface area contributed by atoms with Gasteiger partial charge in [-0.3, -0.25) is 4.68 Å². The number of carbonyl (C=O) groups is 1. The number of carbonyl (C=O) groups excluding carboxylic acids is 1. The van der Waals surface area contributed by atoms with Crippen molar-refractivity contribution in [2.45, 2.75) is 48.1 Å². The van der Waals surface area contributed by atoms with E-state index in [4.69, 9.17) is 4.74 Å². The van der Waals surface area contributed by atoms with Gasteiger partial charge in [-0.05, 0) is 38.0 Å². The molecular weight excluding hydrogens is 554 g/mol. The maximum Gasteiger partial charge on any atom is 0.356 e. The van der Waals surface area contributed by atoms with Crippen molar-refractivity contribution in [3.05, 3.63) is 65.5 Å². The highest BCUT2D eigenvalue weighted by Crippen LogP contribution is 2.41. The monoisotopic (exact) mass is 578 g/mol. The summed E-state index contributed by atoms with van der Waals surface area (Å²) in [5.74, 6) is -0.687. The van der Waals surface area contributed by atoms with Crippen LogP contribution in [-0.4, -0.2) is 31.9 Å². The van der Waals surface area contributed by atoms with Crippen LogP contribution in [-0.2, 0) is 15.7 Å². The first-order chi connectivity index (χ1) is 16.0. The lowest BCUT2D eigenvalue weighted by Crippen LogP contribution is -2.07. The van der Waals surface area contributed by atoms with Gasteiger partial charge in [-0.25, -0.2) is 14.2 Å². The van der Waals surface area contributed by atoms with Gasteiger partial charge in [0.05, 0.1) is 24.0 Å². The van der Waals surface area contributed by atoms with Crippen molar-refractivity contribution in [2.24, 2.45) is 0 Å². The van der Waals surface area contributed by atoms with Crippen LogP contribution in [0.5, 0.6) is 0 Å². The number of alkyl halides is 1. The van der Waals surface area contributed by atoms with Crippen LogP contribution in [0.1, 0.15) is 42.0 Å². The van der Waals surface area contributed by atoms with Crippen molar-refractivity contribution in [2.75, 3.05) is 6.61 Å². The van der Waals surface area contributed by atoms with Gasteiger partial charge in [0.15, 0.2) is 5.82 Å². The number of hydrogen-bond acceptors (Lipinski definition) is 5. The maximum atomic E-state index is 15.6. The molecule has 0 aliphatic rings. The Morgan fingerprint density at radius 3 is 2.79 bits per heavy atom. The van der Waals surface area contributed by atoms with Crippen molar-refractivity contribution >= 4 is 51.2 Å². The minimum atomic E-state index is -0.458. The molecule has 0 radical (unpaired) electrons. The number of benzene rings is 1. The lowest BCUT2D eigenvalue weighted by Gasteiger charge is -2.08. The van der Waals surface area contributed by atoms with E-state index in [9.17, 15) is 4.79 Å². The van der Waals surface area contributed by atoms with Crippen LogP contribution in [0.15, 0.2) is 52.6 Å². The number of pyridine rings is 1. The second kappa shape index (κ2) is 10.3. The average Bonchev–Trinajstić information content (AvgIpc) is 3.37. The van der Waals surface area contributed by atoms with Gasteiger partial charge in [-0.1, -0.05) is 59.5 Å². The van der Waals surface area contributed by atoms with Crippen molar-refractivity contribution in [3.8, 4) is 5.69 Å². The molecule has 6 nitrogen and oxygen atoms in total. The predicted octanol–water partition coefficient (Wildman–Crippen LogP) is 6.34. The van der Waals surface area contributed by atoms with Crippen LogP contribution in [0.2, 0.25) is 0 Å². The molecule has 3 heterocycles. The highest BCUT2D eigenvalue weighted by molar-refractivity contribution is 14.1. The molecule has 0 fully saturated rings. The molecule has 4 aromatic rings. The molecule has 4 rings (SSSR count). The summed E-state index contributed by atoms with van der Waals surface area (Å²) in [4.78, 5) is 17.5. The fourth-order valence-electron chi connectivity index (χ4n) is 3.74. The normalized spacial score (nSPS) is 11.3. The zero-order valence-electron chi connectivity index (χ0n) is 18.6. The Morgan fingerprint density at radius 1 is 1.24 bits per heavy atom. The van der Waals surface area contributed by atoms with E-state index >= 15 is 4.39 Å². The van der Waals surface area contributed by atoms with Gasteiger partial charge in [-0.2, -0.15) is 5.10 Å². The van der Waals surface area contributed by atoms with Crippen molar-refractivity contribution in [1.82, 2.24) is 19.3 Å². The fraction of sp³-hybridized carbons (Fsp3) is 0.292. The molecule has 0 aliphatic carbocycles. The molecular formula is C24H24FIN4O2S.